The lowest BCUT2D eigenvalue weighted by Crippen LogP contribution is -2.38. The van der Waals surface area contributed by atoms with Gasteiger partial charge in [-0.3, -0.25) is 4.79 Å². The molecule has 16 heavy (non-hydrogen) atoms. The fourth-order valence-electron chi connectivity index (χ4n) is 2.47. The van der Waals surface area contributed by atoms with E-state index < -0.39 is 0 Å². The summed E-state index contributed by atoms with van der Waals surface area (Å²) in [7, 11) is 0. The second kappa shape index (κ2) is 7.66. The van der Waals surface area contributed by atoms with Crippen LogP contribution in [0.5, 0.6) is 0 Å². The molecule has 0 radical (unpaired) electrons. The van der Waals surface area contributed by atoms with E-state index in [1.807, 2.05) is 6.92 Å². The Labute approximate surface area is 99.1 Å². The van der Waals surface area contributed by atoms with Gasteiger partial charge >= 0.3 is 0 Å². The lowest BCUT2D eigenvalue weighted by molar-refractivity contribution is -0.133. The van der Waals surface area contributed by atoms with Crippen molar-refractivity contribution in [1.82, 2.24) is 4.90 Å². The number of ether oxygens (including phenoxy) is 1. The largest absolute Gasteiger partial charge is 0.382 e. The van der Waals surface area contributed by atoms with Crippen LogP contribution in [-0.2, 0) is 9.53 Å². The standard InChI is InChI=1S/C13H25NO2/c1-3-14(12-8-5-6-9-12)13(15)10-7-11-16-4-2/h12H,3-11H2,1-2H3. The Balaban J connectivity index is 2.25. The number of hydrogen-bond acceptors (Lipinski definition) is 2. The predicted molar refractivity (Wildman–Crippen MR) is 65.4 cm³/mol. The Kier molecular flexibility index (Phi) is 6.46. The van der Waals surface area contributed by atoms with Crippen LogP contribution in [0.2, 0.25) is 0 Å². The van der Waals surface area contributed by atoms with Crippen molar-refractivity contribution in [3.05, 3.63) is 0 Å². The van der Waals surface area contributed by atoms with Crippen molar-refractivity contribution in [2.75, 3.05) is 19.8 Å². The highest BCUT2D eigenvalue weighted by molar-refractivity contribution is 5.76. The average Bonchev–Trinajstić information content (AvgIpc) is 2.79. The molecule has 3 nitrogen and oxygen atoms in total. The van der Waals surface area contributed by atoms with Gasteiger partial charge in [0, 0.05) is 32.2 Å². The Morgan fingerprint density at radius 1 is 1.31 bits per heavy atom. The van der Waals surface area contributed by atoms with Crippen LogP contribution in [0.4, 0.5) is 0 Å². The Morgan fingerprint density at radius 2 is 2.00 bits per heavy atom. The molecule has 0 aromatic heterocycles. The van der Waals surface area contributed by atoms with Crippen molar-refractivity contribution < 1.29 is 9.53 Å². The van der Waals surface area contributed by atoms with Gasteiger partial charge in [0.25, 0.3) is 0 Å². The molecule has 1 aliphatic carbocycles. The minimum Gasteiger partial charge on any atom is -0.382 e. The van der Waals surface area contributed by atoms with Gasteiger partial charge in [-0.2, -0.15) is 0 Å². The highest BCUT2D eigenvalue weighted by atomic mass is 16.5. The van der Waals surface area contributed by atoms with Crippen LogP contribution in [0.15, 0.2) is 0 Å². The highest BCUT2D eigenvalue weighted by Crippen LogP contribution is 2.23. The summed E-state index contributed by atoms with van der Waals surface area (Å²) >= 11 is 0. The minimum absolute atomic E-state index is 0.314. The molecule has 0 atom stereocenters. The molecule has 1 rings (SSSR count). The molecule has 0 unspecified atom stereocenters. The molecule has 0 heterocycles. The SMILES string of the molecule is CCOCCCC(=O)N(CC)C1CCCC1. The monoisotopic (exact) mass is 227 g/mol. The summed E-state index contributed by atoms with van der Waals surface area (Å²) in [5.41, 5.74) is 0. The van der Waals surface area contributed by atoms with E-state index in [2.05, 4.69) is 11.8 Å². The first-order chi connectivity index (χ1) is 7.79. The van der Waals surface area contributed by atoms with Crippen molar-refractivity contribution in [2.45, 2.75) is 58.4 Å². The summed E-state index contributed by atoms with van der Waals surface area (Å²) in [6, 6.07) is 0.518. The molecule has 3 heteroatoms. The molecular formula is C13H25NO2. The van der Waals surface area contributed by atoms with Crippen LogP contribution in [0.25, 0.3) is 0 Å². The van der Waals surface area contributed by atoms with Gasteiger partial charge in [-0.25, -0.2) is 0 Å². The number of amides is 1. The van der Waals surface area contributed by atoms with E-state index in [0.717, 1.165) is 19.6 Å². The zero-order valence-electron chi connectivity index (χ0n) is 10.7. The predicted octanol–water partition coefficient (Wildman–Crippen LogP) is 2.59. The van der Waals surface area contributed by atoms with Crippen molar-refractivity contribution in [1.29, 1.82) is 0 Å². The molecule has 0 aromatic carbocycles. The number of rotatable bonds is 7. The average molecular weight is 227 g/mol. The summed E-state index contributed by atoms with van der Waals surface area (Å²) in [6.07, 6.45) is 6.47. The van der Waals surface area contributed by atoms with E-state index in [0.29, 0.717) is 25.0 Å². The van der Waals surface area contributed by atoms with E-state index in [1.165, 1.54) is 25.7 Å². The molecule has 0 N–H and O–H groups in total. The Hall–Kier alpha value is -0.570. The van der Waals surface area contributed by atoms with E-state index in [1.54, 1.807) is 0 Å². The van der Waals surface area contributed by atoms with Crippen molar-refractivity contribution in [2.24, 2.45) is 0 Å². The molecule has 0 aromatic rings. The van der Waals surface area contributed by atoms with E-state index >= 15 is 0 Å². The van der Waals surface area contributed by atoms with Crippen LogP contribution in [0.1, 0.15) is 52.4 Å². The third kappa shape index (κ3) is 4.12. The quantitative estimate of drug-likeness (QED) is 0.626. The smallest absolute Gasteiger partial charge is 0.222 e. The second-order valence-electron chi connectivity index (χ2n) is 4.42. The number of carbonyl (C=O) groups is 1. The Morgan fingerprint density at radius 3 is 2.56 bits per heavy atom. The van der Waals surface area contributed by atoms with Gasteiger partial charge in [0.05, 0.1) is 0 Å². The maximum Gasteiger partial charge on any atom is 0.222 e. The molecular weight excluding hydrogens is 202 g/mol. The molecule has 0 aliphatic heterocycles. The zero-order valence-corrected chi connectivity index (χ0v) is 10.7. The molecule has 1 aliphatic rings. The summed E-state index contributed by atoms with van der Waals surface area (Å²) in [4.78, 5) is 14.1. The summed E-state index contributed by atoms with van der Waals surface area (Å²) < 4.78 is 5.25. The van der Waals surface area contributed by atoms with Crippen molar-refractivity contribution in [3.8, 4) is 0 Å². The third-order valence-corrected chi connectivity index (χ3v) is 3.31. The van der Waals surface area contributed by atoms with Gasteiger partial charge in [-0.15, -0.1) is 0 Å². The lowest BCUT2D eigenvalue weighted by atomic mass is 10.2. The summed E-state index contributed by atoms with van der Waals surface area (Å²) in [5, 5.41) is 0. The van der Waals surface area contributed by atoms with Crippen LogP contribution in [0.3, 0.4) is 0 Å². The van der Waals surface area contributed by atoms with Crippen LogP contribution < -0.4 is 0 Å². The normalized spacial score (nSPS) is 16.6. The lowest BCUT2D eigenvalue weighted by Gasteiger charge is -2.27. The van der Waals surface area contributed by atoms with Gasteiger partial charge in [0.15, 0.2) is 0 Å². The zero-order chi connectivity index (χ0) is 11.8. The molecule has 0 spiro atoms. The van der Waals surface area contributed by atoms with Crippen molar-refractivity contribution >= 4 is 5.91 Å². The Bertz CT molecular complexity index is 200. The van der Waals surface area contributed by atoms with Crippen LogP contribution >= 0.6 is 0 Å². The molecule has 94 valence electrons. The molecule has 1 saturated carbocycles. The first-order valence-corrected chi connectivity index (χ1v) is 6.66. The van der Waals surface area contributed by atoms with E-state index in [9.17, 15) is 4.79 Å². The number of hydrogen-bond donors (Lipinski definition) is 0. The van der Waals surface area contributed by atoms with Gasteiger partial charge in [-0.05, 0) is 33.1 Å². The molecule has 1 amide bonds. The highest BCUT2D eigenvalue weighted by Gasteiger charge is 2.24. The molecule has 0 saturated heterocycles. The topological polar surface area (TPSA) is 29.5 Å². The summed E-state index contributed by atoms with van der Waals surface area (Å²) in [6.45, 7) is 6.38. The first kappa shape index (κ1) is 13.5. The number of nitrogens with zero attached hydrogens (tertiary/aromatic N) is 1. The third-order valence-electron chi connectivity index (χ3n) is 3.31. The number of carbonyl (C=O) groups excluding carboxylic acids is 1. The second-order valence-corrected chi connectivity index (χ2v) is 4.42. The first-order valence-electron chi connectivity index (χ1n) is 6.66. The van der Waals surface area contributed by atoms with Crippen molar-refractivity contribution in [3.63, 3.8) is 0 Å². The fourth-order valence-corrected chi connectivity index (χ4v) is 2.47. The minimum atomic E-state index is 0.314. The van der Waals surface area contributed by atoms with Gasteiger partial charge in [0.2, 0.25) is 5.91 Å². The molecule has 0 bridgehead atoms. The fraction of sp³-hybridized carbons (Fsp3) is 0.923. The van der Waals surface area contributed by atoms with Gasteiger partial charge in [0.1, 0.15) is 0 Å². The van der Waals surface area contributed by atoms with Crippen LogP contribution in [0, 0.1) is 0 Å². The molecule has 1 fully saturated rings. The summed E-state index contributed by atoms with van der Waals surface area (Å²) in [5.74, 6) is 0.314. The van der Waals surface area contributed by atoms with Gasteiger partial charge < -0.3 is 9.64 Å². The maximum atomic E-state index is 12.0. The van der Waals surface area contributed by atoms with E-state index in [4.69, 9.17) is 4.74 Å². The van der Waals surface area contributed by atoms with E-state index in [-0.39, 0.29) is 0 Å². The van der Waals surface area contributed by atoms with Crippen LogP contribution in [-0.4, -0.2) is 36.6 Å². The van der Waals surface area contributed by atoms with Gasteiger partial charge in [-0.1, -0.05) is 12.8 Å². The maximum absolute atomic E-state index is 12.0.